The molecular formula is C35H71NO4. The van der Waals surface area contributed by atoms with E-state index < -0.39 is 18.2 Å². The summed E-state index contributed by atoms with van der Waals surface area (Å²) in [6.07, 6.45) is 29.1. The van der Waals surface area contributed by atoms with Crippen molar-refractivity contribution in [2.45, 2.75) is 206 Å². The number of aliphatic hydroxyl groups excluding tert-OH is 3. The summed E-state index contributed by atoms with van der Waals surface area (Å²) in [7, 11) is 0. The monoisotopic (exact) mass is 570 g/mol. The zero-order valence-corrected chi connectivity index (χ0v) is 27.2. The van der Waals surface area contributed by atoms with E-state index in [4.69, 9.17) is 0 Å². The maximum Gasteiger partial charge on any atom is 0.222 e. The lowest BCUT2D eigenvalue weighted by Crippen LogP contribution is -2.46. The summed E-state index contributed by atoms with van der Waals surface area (Å²) in [5.74, 6) is 0.538. The van der Waals surface area contributed by atoms with Crippen LogP contribution >= 0.6 is 0 Å². The van der Waals surface area contributed by atoms with Crippen molar-refractivity contribution in [2.75, 3.05) is 6.61 Å². The quantitative estimate of drug-likeness (QED) is 0.0627. The van der Waals surface area contributed by atoms with Crippen LogP contribution < -0.4 is 5.32 Å². The smallest absolute Gasteiger partial charge is 0.222 e. The lowest BCUT2D eigenvalue weighted by molar-refractivity contribution is -0.125. The number of amides is 1. The van der Waals surface area contributed by atoms with Crippen LogP contribution in [0.5, 0.6) is 0 Å². The first-order valence-electron chi connectivity index (χ1n) is 17.7. The summed E-state index contributed by atoms with van der Waals surface area (Å²) in [6.45, 7) is 6.57. The SMILES string of the molecule is CCCCCCCCCCCCCCCC(O)C(CO)NC(=O)CC(O)CCCCCCCCCCCC(C)C. The Bertz CT molecular complexity index is 528. The Morgan fingerprint density at radius 3 is 1.35 bits per heavy atom. The van der Waals surface area contributed by atoms with Gasteiger partial charge in [-0.2, -0.15) is 0 Å². The second-order valence-corrected chi connectivity index (χ2v) is 13.0. The number of hydrogen-bond acceptors (Lipinski definition) is 4. The Morgan fingerprint density at radius 1 is 0.575 bits per heavy atom. The highest BCUT2D eigenvalue weighted by Crippen LogP contribution is 2.16. The minimum atomic E-state index is -0.742. The molecule has 0 bridgehead atoms. The van der Waals surface area contributed by atoms with Gasteiger partial charge in [0, 0.05) is 0 Å². The van der Waals surface area contributed by atoms with Gasteiger partial charge in [-0.25, -0.2) is 0 Å². The van der Waals surface area contributed by atoms with E-state index in [0.29, 0.717) is 12.8 Å². The summed E-state index contributed by atoms with van der Waals surface area (Å²) in [6, 6.07) is -0.651. The molecule has 0 aromatic rings. The van der Waals surface area contributed by atoms with Gasteiger partial charge in [0.15, 0.2) is 0 Å². The molecule has 0 radical (unpaired) electrons. The van der Waals surface area contributed by atoms with Gasteiger partial charge < -0.3 is 20.6 Å². The Labute approximate surface area is 249 Å². The molecule has 40 heavy (non-hydrogen) atoms. The minimum Gasteiger partial charge on any atom is -0.394 e. The Morgan fingerprint density at radius 2 is 0.950 bits per heavy atom. The number of aliphatic hydroxyl groups is 3. The maximum absolute atomic E-state index is 12.3. The van der Waals surface area contributed by atoms with E-state index in [0.717, 1.165) is 31.6 Å². The van der Waals surface area contributed by atoms with Gasteiger partial charge in [-0.3, -0.25) is 4.79 Å². The molecule has 5 heteroatoms. The fraction of sp³-hybridized carbons (Fsp3) is 0.971. The molecule has 5 nitrogen and oxygen atoms in total. The van der Waals surface area contributed by atoms with Crippen LogP contribution in [-0.2, 0) is 4.79 Å². The number of carbonyl (C=O) groups is 1. The van der Waals surface area contributed by atoms with Crippen LogP contribution in [0.15, 0.2) is 0 Å². The molecule has 0 aliphatic rings. The van der Waals surface area contributed by atoms with E-state index in [-0.39, 0.29) is 18.9 Å². The van der Waals surface area contributed by atoms with Crippen LogP contribution in [0, 0.1) is 5.92 Å². The van der Waals surface area contributed by atoms with Gasteiger partial charge >= 0.3 is 0 Å². The van der Waals surface area contributed by atoms with E-state index in [1.54, 1.807) is 0 Å². The first-order chi connectivity index (χ1) is 19.4. The van der Waals surface area contributed by atoms with E-state index in [1.807, 2.05) is 0 Å². The van der Waals surface area contributed by atoms with E-state index in [1.165, 1.54) is 122 Å². The number of nitrogens with one attached hydrogen (secondary N) is 1. The van der Waals surface area contributed by atoms with Crippen molar-refractivity contribution in [3.63, 3.8) is 0 Å². The topological polar surface area (TPSA) is 89.8 Å². The van der Waals surface area contributed by atoms with Gasteiger partial charge in [-0.1, -0.05) is 168 Å². The highest BCUT2D eigenvalue weighted by Gasteiger charge is 2.21. The molecule has 240 valence electrons. The summed E-state index contributed by atoms with van der Waals surface area (Å²) in [4.78, 5) is 12.3. The first kappa shape index (κ1) is 39.4. The maximum atomic E-state index is 12.3. The molecule has 3 atom stereocenters. The van der Waals surface area contributed by atoms with Crippen molar-refractivity contribution in [2.24, 2.45) is 5.92 Å². The minimum absolute atomic E-state index is 0.0400. The normalized spacial score (nSPS) is 14.0. The molecule has 4 N–H and O–H groups in total. The Kier molecular flexibility index (Phi) is 29.3. The lowest BCUT2D eigenvalue weighted by Gasteiger charge is -2.23. The lowest BCUT2D eigenvalue weighted by atomic mass is 10.0. The van der Waals surface area contributed by atoms with Crippen LogP contribution in [0.2, 0.25) is 0 Å². The van der Waals surface area contributed by atoms with Crippen molar-refractivity contribution in [1.82, 2.24) is 5.32 Å². The van der Waals surface area contributed by atoms with Gasteiger partial charge in [0.1, 0.15) is 0 Å². The van der Waals surface area contributed by atoms with Gasteiger partial charge in [0.2, 0.25) is 5.91 Å². The van der Waals surface area contributed by atoms with Crippen molar-refractivity contribution in [3.05, 3.63) is 0 Å². The summed E-state index contributed by atoms with van der Waals surface area (Å²) >= 11 is 0. The molecule has 0 fully saturated rings. The van der Waals surface area contributed by atoms with Crippen LogP contribution in [0.1, 0.15) is 188 Å². The predicted molar refractivity (Wildman–Crippen MR) is 172 cm³/mol. The summed E-state index contributed by atoms with van der Waals surface area (Å²) in [5, 5.41) is 33.1. The third-order valence-electron chi connectivity index (χ3n) is 8.35. The second-order valence-electron chi connectivity index (χ2n) is 13.0. The molecule has 3 unspecified atom stereocenters. The molecule has 0 rings (SSSR count). The molecule has 0 aromatic carbocycles. The zero-order chi connectivity index (χ0) is 29.7. The number of carbonyl (C=O) groups excluding carboxylic acids is 1. The summed E-state index contributed by atoms with van der Waals surface area (Å²) < 4.78 is 0. The number of hydrogen-bond donors (Lipinski definition) is 4. The summed E-state index contributed by atoms with van der Waals surface area (Å²) in [5.41, 5.74) is 0. The molecule has 0 saturated heterocycles. The molecule has 0 spiro atoms. The van der Waals surface area contributed by atoms with Crippen molar-refractivity contribution in [1.29, 1.82) is 0 Å². The molecule has 0 saturated carbocycles. The highest BCUT2D eigenvalue weighted by molar-refractivity contribution is 5.76. The molecular weight excluding hydrogens is 498 g/mol. The number of rotatable bonds is 31. The van der Waals surface area contributed by atoms with Crippen LogP contribution in [0.3, 0.4) is 0 Å². The second kappa shape index (κ2) is 29.8. The molecule has 1 amide bonds. The fourth-order valence-electron chi connectivity index (χ4n) is 5.59. The van der Waals surface area contributed by atoms with Crippen LogP contribution in [0.25, 0.3) is 0 Å². The van der Waals surface area contributed by atoms with Gasteiger partial charge in [0.25, 0.3) is 0 Å². The molecule has 0 aliphatic heterocycles. The molecule has 0 aliphatic carbocycles. The Balaban J connectivity index is 3.68. The van der Waals surface area contributed by atoms with E-state index in [2.05, 4.69) is 26.1 Å². The van der Waals surface area contributed by atoms with E-state index in [9.17, 15) is 20.1 Å². The highest BCUT2D eigenvalue weighted by atomic mass is 16.3. The zero-order valence-electron chi connectivity index (χ0n) is 27.2. The largest absolute Gasteiger partial charge is 0.394 e. The van der Waals surface area contributed by atoms with Crippen LogP contribution in [-0.4, -0.2) is 46.1 Å². The molecule has 0 heterocycles. The average molecular weight is 570 g/mol. The third-order valence-corrected chi connectivity index (χ3v) is 8.35. The Hall–Kier alpha value is -0.650. The molecule has 0 aromatic heterocycles. The van der Waals surface area contributed by atoms with E-state index >= 15 is 0 Å². The van der Waals surface area contributed by atoms with Crippen molar-refractivity contribution < 1.29 is 20.1 Å². The average Bonchev–Trinajstić information content (AvgIpc) is 2.92. The standard InChI is InChI=1S/C35H71NO4/c1-4-5-6-7-8-9-10-11-12-16-19-22-25-28-34(39)33(30-37)36-35(40)29-32(38)27-24-21-18-15-13-14-17-20-23-26-31(2)3/h31-34,37-39H,4-30H2,1-3H3,(H,36,40). The predicted octanol–water partition coefficient (Wildman–Crippen LogP) is 9.00. The van der Waals surface area contributed by atoms with Crippen molar-refractivity contribution in [3.8, 4) is 0 Å². The van der Waals surface area contributed by atoms with Gasteiger partial charge in [-0.15, -0.1) is 0 Å². The van der Waals surface area contributed by atoms with Gasteiger partial charge in [-0.05, 0) is 18.8 Å². The van der Waals surface area contributed by atoms with Crippen LogP contribution in [0.4, 0.5) is 0 Å². The van der Waals surface area contributed by atoms with Crippen molar-refractivity contribution >= 4 is 5.91 Å². The fourth-order valence-corrected chi connectivity index (χ4v) is 5.59. The number of unbranched alkanes of at least 4 members (excludes halogenated alkanes) is 20. The first-order valence-corrected chi connectivity index (χ1v) is 17.7. The third kappa shape index (κ3) is 27.5. The van der Waals surface area contributed by atoms with Gasteiger partial charge in [0.05, 0.1) is 31.3 Å².